The van der Waals surface area contributed by atoms with Crippen molar-refractivity contribution in [3.05, 3.63) is 41.0 Å². The van der Waals surface area contributed by atoms with Crippen LogP contribution in [0.15, 0.2) is 28.4 Å². The Morgan fingerprint density at radius 3 is 3.05 bits per heavy atom. The van der Waals surface area contributed by atoms with Crippen LogP contribution in [0.5, 0.6) is 0 Å². The van der Waals surface area contributed by atoms with Crippen molar-refractivity contribution < 1.29 is 9.32 Å². The van der Waals surface area contributed by atoms with Gasteiger partial charge in [0.05, 0.1) is 11.7 Å². The van der Waals surface area contributed by atoms with Gasteiger partial charge in [-0.1, -0.05) is 5.16 Å². The van der Waals surface area contributed by atoms with Gasteiger partial charge in [0.2, 0.25) is 0 Å². The number of rotatable bonds is 3. The highest BCUT2D eigenvalue weighted by Gasteiger charge is 2.25. The molecule has 1 atom stereocenters. The number of aromatic nitrogens is 3. The van der Waals surface area contributed by atoms with Crippen LogP contribution in [0.25, 0.3) is 4.96 Å². The van der Waals surface area contributed by atoms with E-state index in [0.29, 0.717) is 5.69 Å². The van der Waals surface area contributed by atoms with Crippen LogP contribution in [0.3, 0.4) is 0 Å². The first-order valence-corrected chi connectivity index (χ1v) is 7.07. The van der Waals surface area contributed by atoms with E-state index in [4.69, 9.17) is 4.52 Å². The normalized spacial score (nSPS) is 12.8. The van der Waals surface area contributed by atoms with E-state index in [0.717, 1.165) is 16.3 Å². The van der Waals surface area contributed by atoms with Crippen LogP contribution >= 0.6 is 11.3 Å². The van der Waals surface area contributed by atoms with Gasteiger partial charge in [-0.05, 0) is 13.8 Å². The van der Waals surface area contributed by atoms with E-state index in [-0.39, 0.29) is 11.9 Å². The lowest BCUT2D eigenvalue weighted by molar-refractivity contribution is 0.0730. The number of hydrogen-bond acceptors (Lipinski definition) is 5. The maximum atomic E-state index is 12.7. The second kappa shape index (κ2) is 4.75. The quantitative estimate of drug-likeness (QED) is 0.743. The Morgan fingerprint density at radius 1 is 1.55 bits per heavy atom. The number of hydrogen-bond donors (Lipinski definition) is 0. The van der Waals surface area contributed by atoms with E-state index in [9.17, 15) is 4.79 Å². The van der Waals surface area contributed by atoms with Gasteiger partial charge < -0.3 is 9.42 Å². The number of carbonyl (C=O) groups is 1. The lowest BCUT2D eigenvalue weighted by atomic mass is 10.2. The van der Waals surface area contributed by atoms with Gasteiger partial charge in [-0.15, -0.1) is 11.3 Å². The molecule has 0 spiro atoms. The maximum absolute atomic E-state index is 12.7. The monoisotopic (exact) mass is 290 g/mol. The molecular weight excluding hydrogens is 276 g/mol. The van der Waals surface area contributed by atoms with Crippen molar-refractivity contribution in [1.29, 1.82) is 0 Å². The second-order valence-electron chi connectivity index (χ2n) is 4.62. The van der Waals surface area contributed by atoms with Gasteiger partial charge in [0.25, 0.3) is 5.91 Å². The Bertz CT molecular complexity index is 744. The van der Waals surface area contributed by atoms with Gasteiger partial charge >= 0.3 is 0 Å². The van der Waals surface area contributed by atoms with Gasteiger partial charge in [0.15, 0.2) is 4.96 Å². The Balaban J connectivity index is 1.96. The fourth-order valence-electron chi connectivity index (χ4n) is 2.13. The Kier molecular flexibility index (Phi) is 3.06. The van der Waals surface area contributed by atoms with Gasteiger partial charge in [-0.25, -0.2) is 4.98 Å². The molecule has 0 saturated carbocycles. The molecule has 7 heteroatoms. The highest BCUT2D eigenvalue weighted by atomic mass is 32.1. The largest absolute Gasteiger partial charge is 0.364 e. The first-order chi connectivity index (χ1) is 9.59. The van der Waals surface area contributed by atoms with Crippen LogP contribution in [-0.2, 0) is 0 Å². The summed E-state index contributed by atoms with van der Waals surface area (Å²) in [7, 11) is 1.76. The third-order valence-corrected chi connectivity index (χ3v) is 4.18. The molecule has 0 saturated heterocycles. The Hall–Kier alpha value is -2.15. The van der Waals surface area contributed by atoms with Gasteiger partial charge in [0.1, 0.15) is 17.7 Å². The van der Waals surface area contributed by atoms with Crippen LogP contribution < -0.4 is 0 Å². The molecule has 104 valence electrons. The van der Waals surface area contributed by atoms with E-state index in [2.05, 4.69) is 10.1 Å². The summed E-state index contributed by atoms with van der Waals surface area (Å²) in [5, 5.41) is 5.80. The fraction of sp³-hybridized carbons (Fsp3) is 0.308. The van der Waals surface area contributed by atoms with Crippen molar-refractivity contribution in [2.24, 2.45) is 0 Å². The van der Waals surface area contributed by atoms with Gasteiger partial charge in [-0.3, -0.25) is 9.20 Å². The summed E-state index contributed by atoms with van der Waals surface area (Å²) in [6.07, 6.45) is 3.37. The lowest BCUT2D eigenvalue weighted by Crippen LogP contribution is -2.31. The van der Waals surface area contributed by atoms with E-state index < -0.39 is 0 Å². The van der Waals surface area contributed by atoms with Crippen molar-refractivity contribution in [2.75, 3.05) is 7.05 Å². The van der Waals surface area contributed by atoms with Crippen LogP contribution in [0.1, 0.15) is 34.8 Å². The van der Waals surface area contributed by atoms with Crippen molar-refractivity contribution >= 4 is 22.2 Å². The molecule has 0 aliphatic rings. The number of nitrogens with zero attached hydrogens (tertiary/aromatic N) is 4. The molecular formula is C13H14N4O2S. The zero-order valence-electron chi connectivity index (χ0n) is 11.4. The summed E-state index contributed by atoms with van der Waals surface area (Å²) >= 11 is 1.51. The number of thiazole rings is 1. The molecule has 0 aromatic carbocycles. The summed E-state index contributed by atoms with van der Waals surface area (Å²) in [6, 6.07) is 1.60. The predicted octanol–water partition coefficient (Wildman–Crippen LogP) is 2.53. The summed E-state index contributed by atoms with van der Waals surface area (Å²) in [5.74, 6) is -0.0797. The topological polar surface area (TPSA) is 63.6 Å². The molecule has 0 aliphatic heterocycles. The summed E-state index contributed by atoms with van der Waals surface area (Å²) < 4.78 is 6.66. The molecule has 0 unspecified atom stereocenters. The molecule has 20 heavy (non-hydrogen) atoms. The van der Waals surface area contributed by atoms with Crippen molar-refractivity contribution in [2.45, 2.75) is 19.9 Å². The van der Waals surface area contributed by atoms with Crippen molar-refractivity contribution in [1.82, 2.24) is 19.4 Å². The molecule has 0 N–H and O–H groups in total. The SMILES string of the molecule is Cc1nc2sccn2c1C(=O)N(C)[C@@H](C)c1ccon1. The highest BCUT2D eigenvalue weighted by molar-refractivity contribution is 7.15. The molecule has 0 radical (unpaired) electrons. The van der Waals surface area contributed by atoms with Crippen LogP contribution in [0.2, 0.25) is 0 Å². The third-order valence-electron chi connectivity index (χ3n) is 3.43. The van der Waals surface area contributed by atoms with E-state index in [1.807, 2.05) is 29.8 Å². The van der Waals surface area contributed by atoms with E-state index >= 15 is 0 Å². The Morgan fingerprint density at radius 2 is 2.35 bits per heavy atom. The first-order valence-electron chi connectivity index (χ1n) is 6.19. The van der Waals surface area contributed by atoms with E-state index in [1.54, 1.807) is 18.0 Å². The number of amides is 1. The zero-order chi connectivity index (χ0) is 14.3. The molecule has 3 heterocycles. The average Bonchev–Trinajstić information content (AvgIpc) is 3.12. The number of imidazole rings is 1. The lowest BCUT2D eigenvalue weighted by Gasteiger charge is -2.23. The molecule has 1 amide bonds. The predicted molar refractivity (Wildman–Crippen MR) is 74.8 cm³/mol. The van der Waals surface area contributed by atoms with Crippen molar-refractivity contribution in [3.63, 3.8) is 0 Å². The fourth-order valence-corrected chi connectivity index (χ4v) is 2.89. The summed E-state index contributed by atoms with van der Waals surface area (Å²) in [4.78, 5) is 19.6. The van der Waals surface area contributed by atoms with E-state index in [1.165, 1.54) is 17.6 Å². The van der Waals surface area contributed by atoms with Crippen molar-refractivity contribution in [3.8, 4) is 0 Å². The minimum atomic E-state index is -0.162. The van der Waals surface area contributed by atoms with Crippen LogP contribution in [0.4, 0.5) is 0 Å². The average molecular weight is 290 g/mol. The highest BCUT2D eigenvalue weighted by Crippen LogP contribution is 2.22. The maximum Gasteiger partial charge on any atom is 0.273 e. The van der Waals surface area contributed by atoms with Crippen LogP contribution in [0, 0.1) is 6.92 Å². The third kappa shape index (κ3) is 1.90. The van der Waals surface area contributed by atoms with Gasteiger partial charge in [-0.2, -0.15) is 0 Å². The second-order valence-corrected chi connectivity index (χ2v) is 5.49. The summed E-state index contributed by atoms with van der Waals surface area (Å²) in [5.41, 5.74) is 2.06. The molecule has 0 aliphatic carbocycles. The Labute approximate surface area is 119 Å². The number of carbonyl (C=O) groups excluding carboxylic acids is 1. The van der Waals surface area contributed by atoms with Gasteiger partial charge in [0, 0.05) is 24.7 Å². The molecule has 3 rings (SSSR count). The summed E-state index contributed by atoms with van der Waals surface area (Å²) in [6.45, 7) is 3.76. The number of aryl methyl sites for hydroxylation is 1. The molecule has 3 aromatic heterocycles. The minimum Gasteiger partial charge on any atom is -0.364 e. The standard InChI is InChI=1S/C13H14N4O2S/c1-8-11(17-5-7-20-13(17)14-8)12(18)16(3)9(2)10-4-6-19-15-10/h4-7,9H,1-3H3/t9-/m0/s1. The molecule has 3 aromatic rings. The molecule has 0 bridgehead atoms. The minimum absolute atomic E-state index is 0.0797. The molecule has 0 fully saturated rings. The number of fused-ring (bicyclic) bond motifs is 1. The smallest absolute Gasteiger partial charge is 0.273 e. The molecule has 6 nitrogen and oxygen atoms in total. The zero-order valence-corrected chi connectivity index (χ0v) is 12.2. The first kappa shape index (κ1) is 12.9. The van der Waals surface area contributed by atoms with Crippen LogP contribution in [-0.4, -0.2) is 32.4 Å².